The molecule has 0 heterocycles. The first-order valence-electron chi connectivity index (χ1n) is 3.09. The molecule has 3 N–H and O–H groups in total. The summed E-state index contributed by atoms with van der Waals surface area (Å²) in [5.74, 6) is 5.30. The summed E-state index contributed by atoms with van der Waals surface area (Å²) < 4.78 is 1.22. The number of hydrogen-bond donors (Lipinski definition) is 2. The Morgan fingerprint density at radius 3 is 2.82 bits per heavy atom. The van der Waals surface area contributed by atoms with E-state index in [2.05, 4.69) is 50.0 Å². The molecule has 0 bridgehead atoms. The summed E-state index contributed by atoms with van der Waals surface area (Å²) in [5, 5.41) is 0.823. The van der Waals surface area contributed by atoms with Crippen molar-refractivity contribution in [2.24, 2.45) is 5.84 Å². The fraction of sp³-hybridized carbons (Fsp3) is 0.143. The third-order valence-corrected chi connectivity index (χ3v) is 2.64. The molecule has 0 aliphatic carbocycles. The minimum Gasteiger partial charge on any atom is -0.324 e. The zero-order valence-corrected chi connectivity index (χ0v) is 9.52. The third-order valence-electron chi connectivity index (χ3n) is 1.37. The summed E-state index contributed by atoms with van der Waals surface area (Å²) in [5.41, 5.74) is 4.79. The van der Waals surface area contributed by atoms with Crippen molar-refractivity contribution in [3.8, 4) is 0 Å². The van der Waals surface area contributed by atoms with E-state index in [9.17, 15) is 0 Å². The Bertz CT molecular complexity index is 252. The Morgan fingerprint density at radius 2 is 2.27 bits per heavy atom. The first-order valence-corrected chi connectivity index (χ1v) is 5.29. The number of rotatable bonds is 2. The molecule has 0 amide bonds. The maximum atomic E-state index is 5.30. The molecular weight excluding hydrogens is 319 g/mol. The Kier molecular flexibility index (Phi) is 3.61. The molecule has 0 aromatic heterocycles. The molecule has 2 nitrogen and oxygen atoms in total. The maximum absolute atomic E-state index is 5.30. The van der Waals surface area contributed by atoms with Crippen molar-refractivity contribution in [3.63, 3.8) is 0 Å². The predicted octanol–water partition coefficient (Wildman–Crippen LogP) is 2.47. The Balaban J connectivity index is 3.06. The van der Waals surface area contributed by atoms with Crippen LogP contribution in [0.5, 0.6) is 0 Å². The molecule has 0 saturated carbocycles. The number of nitrogens with one attached hydrogen (secondary N) is 1. The van der Waals surface area contributed by atoms with Gasteiger partial charge in [-0.1, -0.05) is 15.9 Å². The second kappa shape index (κ2) is 4.27. The van der Waals surface area contributed by atoms with E-state index in [1.54, 1.807) is 0 Å². The van der Waals surface area contributed by atoms with Gasteiger partial charge in [0.25, 0.3) is 0 Å². The monoisotopic (exact) mass is 326 g/mol. The number of benzene rings is 1. The fourth-order valence-corrected chi connectivity index (χ4v) is 1.83. The molecular formula is C7H8BrIN2. The first kappa shape index (κ1) is 9.28. The number of halogens is 2. The highest BCUT2D eigenvalue weighted by atomic mass is 127. The lowest BCUT2D eigenvalue weighted by molar-refractivity contribution is 1.29. The van der Waals surface area contributed by atoms with Gasteiger partial charge in [-0.25, -0.2) is 0 Å². The minimum absolute atomic E-state index is 0.823. The second-order valence-electron chi connectivity index (χ2n) is 2.08. The van der Waals surface area contributed by atoms with Crippen LogP contribution in [0.15, 0.2) is 18.2 Å². The van der Waals surface area contributed by atoms with Crippen LogP contribution in [0, 0.1) is 3.57 Å². The standard InChI is InChI=1S/C7H8BrIN2/c8-4-5-3-6(9)1-2-7(5)11-10/h1-3,11H,4,10H2. The van der Waals surface area contributed by atoms with Crippen LogP contribution in [0.25, 0.3) is 0 Å². The van der Waals surface area contributed by atoms with Gasteiger partial charge in [0.1, 0.15) is 0 Å². The van der Waals surface area contributed by atoms with Gasteiger partial charge in [-0.05, 0) is 46.4 Å². The summed E-state index contributed by atoms with van der Waals surface area (Å²) >= 11 is 5.66. The molecule has 0 aliphatic heterocycles. The summed E-state index contributed by atoms with van der Waals surface area (Å²) in [6, 6.07) is 6.07. The molecule has 0 aliphatic rings. The van der Waals surface area contributed by atoms with Crippen molar-refractivity contribution in [2.45, 2.75) is 5.33 Å². The van der Waals surface area contributed by atoms with Gasteiger partial charge in [-0.15, -0.1) is 0 Å². The van der Waals surface area contributed by atoms with Gasteiger partial charge in [0.2, 0.25) is 0 Å². The molecule has 11 heavy (non-hydrogen) atoms. The van der Waals surface area contributed by atoms with Crippen molar-refractivity contribution < 1.29 is 0 Å². The van der Waals surface area contributed by atoms with E-state index in [0.29, 0.717) is 0 Å². The molecule has 1 aromatic carbocycles. The van der Waals surface area contributed by atoms with Crippen molar-refractivity contribution >= 4 is 44.2 Å². The van der Waals surface area contributed by atoms with Crippen molar-refractivity contribution in [1.82, 2.24) is 0 Å². The van der Waals surface area contributed by atoms with Crippen molar-refractivity contribution in [1.29, 1.82) is 0 Å². The van der Waals surface area contributed by atoms with Crippen LogP contribution in [0.1, 0.15) is 5.56 Å². The molecule has 0 spiro atoms. The highest BCUT2D eigenvalue weighted by Crippen LogP contribution is 2.19. The minimum atomic E-state index is 0.823. The van der Waals surface area contributed by atoms with Crippen LogP contribution in [-0.4, -0.2) is 0 Å². The van der Waals surface area contributed by atoms with E-state index >= 15 is 0 Å². The maximum Gasteiger partial charge on any atom is 0.0526 e. The van der Waals surface area contributed by atoms with Crippen molar-refractivity contribution in [2.75, 3.05) is 5.43 Å². The molecule has 1 aromatic rings. The van der Waals surface area contributed by atoms with Crippen molar-refractivity contribution in [3.05, 3.63) is 27.3 Å². The lowest BCUT2D eigenvalue weighted by Crippen LogP contribution is -2.08. The van der Waals surface area contributed by atoms with Crippen LogP contribution in [0.3, 0.4) is 0 Å². The number of alkyl halides is 1. The predicted molar refractivity (Wildman–Crippen MR) is 59.6 cm³/mol. The summed E-state index contributed by atoms with van der Waals surface area (Å²) in [7, 11) is 0. The highest BCUT2D eigenvalue weighted by molar-refractivity contribution is 14.1. The molecule has 1 rings (SSSR count). The van der Waals surface area contributed by atoms with Gasteiger partial charge >= 0.3 is 0 Å². The van der Waals surface area contributed by atoms with Crippen LogP contribution in [0.4, 0.5) is 5.69 Å². The topological polar surface area (TPSA) is 38.0 Å². The van der Waals surface area contributed by atoms with Gasteiger partial charge in [-0.2, -0.15) is 0 Å². The Labute approximate surface area is 87.8 Å². The molecule has 60 valence electrons. The number of anilines is 1. The molecule has 0 unspecified atom stereocenters. The molecule has 0 saturated heterocycles. The van der Waals surface area contributed by atoms with Crippen LogP contribution >= 0.6 is 38.5 Å². The SMILES string of the molecule is NNc1ccc(I)cc1CBr. The zero-order valence-electron chi connectivity index (χ0n) is 5.77. The molecule has 0 fully saturated rings. The third kappa shape index (κ3) is 2.31. The van der Waals surface area contributed by atoms with E-state index in [0.717, 1.165) is 11.0 Å². The van der Waals surface area contributed by atoms with Crippen LogP contribution < -0.4 is 11.3 Å². The van der Waals surface area contributed by atoms with Gasteiger partial charge in [0.05, 0.1) is 5.69 Å². The van der Waals surface area contributed by atoms with E-state index in [4.69, 9.17) is 5.84 Å². The smallest absolute Gasteiger partial charge is 0.0526 e. The molecule has 0 atom stereocenters. The van der Waals surface area contributed by atoms with Gasteiger partial charge in [-0.3, -0.25) is 5.84 Å². The Hall–Kier alpha value is 0.190. The van der Waals surface area contributed by atoms with Gasteiger partial charge in [0, 0.05) is 8.90 Å². The highest BCUT2D eigenvalue weighted by Gasteiger charge is 1.98. The zero-order chi connectivity index (χ0) is 8.27. The number of hydrazine groups is 1. The van der Waals surface area contributed by atoms with Gasteiger partial charge < -0.3 is 5.43 Å². The average Bonchev–Trinajstić information content (AvgIpc) is 2.04. The molecule has 0 radical (unpaired) electrons. The van der Waals surface area contributed by atoms with E-state index < -0.39 is 0 Å². The first-order chi connectivity index (χ1) is 5.27. The second-order valence-corrected chi connectivity index (χ2v) is 3.89. The van der Waals surface area contributed by atoms with E-state index in [1.165, 1.54) is 9.13 Å². The number of nitrogen functional groups attached to an aromatic ring is 1. The molecule has 4 heteroatoms. The largest absolute Gasteiger partial charge is 0.324 e. The summed E-state index contributed by atoms with van der Waals surface area (Å²) in [6.07, 6.45) is 0. The quantitative estimate of drug-likeness (QED) is 0.379. The van der Waals surface area contributed by atoms with Crippen LogP contribution in [-0.2, 0) is 5.33 Å². The van der Waals surface area contributed by atoms with E-state index in [-0.39, 0.29) is 0 Å². The van der Waals surface area contributed by atoms with Gasteiger partial charge in [0.15, 0.2) is 0 Å². The average molecular weight is 327 g/mol. The fourth-order valence-electron chi connectivity index (χ4n) is 0.814. The Morgan fingerprint density at radius 1 is 1.55 bits per heavy atom. The number of hydrogen-bond acceptors (Lipinski definition) is 2. The number of nitrogens with two attached hydrogens (primary N) is 1. The summed E-state index contributed by atoms with van der Waals surface area (Å²) in [4.78, 5) is 0. The normalized spacial score (nSPS) is 9.73. The van der Waals surface area contributed by atoms with E-state index in [1.807, 2.05) is 12.1 Å². The lowest BCUT2D eigenvalue weighted by atomic mass is 10.2. The van der Waals surface area contributed by atoms with Crippen LogP contribution in [0.2, 0.25) is 0 Å². The summed E-state index contributed by atoms with van der Waals surface area (Å²) in [6.45, 7) is 0. The lowest BCUT2D eigenvalue weighted by Gasteiger charge is -2.05.